The van der Waals surface area contributed by atoms with Gasteiger partial charge < -0.3 is 44.1 Å². The minimum absolute atomic E-state index is 0.347. The molecule has 8 atom stereocenters. The summed E-state index contributed by atoms with van der Waals surface area (Å²) in [5, 5.41) is 30.7. The molecule has 14 heteroatoms. The molecule has 14 nitrogen and oxygen atoms in total. The Balaban J connectivity index is 0.00000101. The van der Waals surface area contributed by atoms with Crippen LogP contribution >= 0.6 is 0 Å². The van der Waals surface area contributed by atoms with Crippen LogP contribution in [0.5, 0.6) is 0 Å². The van der Waals surface area contributed by atoms with Crippen LogP contribution in [0.3, 0.4) is 0 Å². The SMILES string of the molecule is C1C2CC3CC1CC(C2)C3.C1CC2C3CCC(C3)C2C1.C1CC2CC1C1C3CCC(C3)C21.C1CC2CCC1C2.C=C(C)C(=O)OC.C=C(C)C(=O)OC.C=C(C)C(=O)OC.C=C(C)C(=O)OC.C=C(C)C(=O)OC.CC.CC1CCC(C(C)(C)O)CC1.CO.CO.CO. The molecule has 14 fully saturated rings. The van der Waals surface area contributed by atoms with Crippen LogP contribution in [0, 0.1) is 107 Å². The first-order valence-corrected chi connectivity index (χ1v) is 35.9. The maximum absolute atomic E-state index is 10.2. The van der Waals surface area contributed by atoms with Gasteiger partial charge in [0.15, 0.2) is 0 Å². The number of hydrogen-bond acceptors (Lipinski definition) is 14. The number of aliphatic hydroxyl groups excluding tert-OH is 3. The molecular weight excluding hydrogens is 1170 g/mol. The molecule has 14 saturated carbocycles. The first kappa shape index (κ1) is 88.9. The fraction of sp³-hybridized carbons (Fsp3) is 0.810. The summed E-state index contributed by atoms with van der Waals surface area (Å²) in [5.41, 5.74) is 1.72. The van der Waals surface area contributed by atoms with Gasteiger partial charge in [-0.2, -0.15) is 0 Å². The normalized spacial score (nSPS) is 31.7. The van der Waals surface area contributed by atoms with E-state index in [0.717, 1.165) is 27.2 Å². The Morgan fingerprint density at radius 3 is 0.731 bits per heavy atom. The molecule has 0 aromatic carbocycles. The van der Waals surface area contributed by atoms with Crippen molar-refractivity contribution in [3.05, 3.63) is 60.8 Å². The third kappa shape index (κ3) is 30.9. The average molecular weight is 1310 g/mol. The molecule has 14 aliphatic rings. The molecule has 0 amide bonds. The maximum Gasteiger partial charge on any atom is 0.332 e. The van der Waals surface area contributed by atoms with E-state index in [1.165, 1.54) is 156 Å². The number of rotatable bonds is 6. The van der Waals surface area contributed by atoms with Crippen LogP contribution < -0.4 is 0 Å². The number of esters is 5. The van der Waals surface area contributed by atoms with Crippen molar-refractivity contribution in [1.82, 2.24) is 0 Å². The maximum atomic E-state index is 10.2. The number of aliphatic hydroxyl groups is 4. The number of fused-ring (bicyclic) bond motifs is 16. The van der Waals surface area contributed by atoms with Crippen LogP contribution in [0.15, 0.2) is 60.8 Å². The van der Waals surface area contributed by atoms with Gasteiger partial charge in [0.05, 0.1) is 41.2 Å². The Bertz CT molecular complexity index is 1920. The fourth-order valence-corrected chi connectivity index (χ4v) is 18.5. The number of methoxy groups -OCH3 is 5. The van der Waals surface area contributed by atoms with Crippen LogP contribution in [0.1, 0.15) is 243 Å². The van der Waals surface area contributed by atoms with E-state index in [4.69, 9.17) is 15.3 Å². The number of ether oxygens (including phenoxy) is 5. The lowest BCUT2D eigenvalue weighted by Gasteiger charge is -2.49. The summed E-state index contributed by atoms with van der Waals surface area (Å²) in [6, 6.07) is 0. The van der Waals surface area contributed by atoms with Crippen LogP contribution in [0.25, 0.3) is 0 Å². The van der Waals surface area contributed by atoms with E-state index >= 15 is 0 Å². The van der Waals surface area contributed by atoms with E-state index in [2.05, 4.69) is 63.5 Å². The number of carbonyl (C=O) groups excluding carboxylic acids is 5. The lowest BCUT2D eigenvalue weighted by molar-refractivity contribution is -0.136. The van der Waals surface area contributed by atoms with E-state index in [9.17, 15) is 29.1 Å². The molecular formula is C79H140O14. The van der Waals surface area contributed by atoms with E-state index < -0.39 is 5.60 Å². The van der Waals surface area contributed by atoms with Gasteiger partial charge >= 0.3 is 29.8 Å². The van der Waals surface area contributed by atoms with Crippen molar-refractivity contribution in [3.8, 4) is 0 Å². The zero-order chi connectivity index (χ0) is 71.3. The standard InChI is InChI=1S/C12H18.C10H20O.2C10H16.C7H12.5C5H8O2.C2H6.3CH4O/c1-2-8-5-7(1)11-9-3-4-10(6-9)12(8)11;1-8-4-6-9(7-5-8)10(2,3)11;1-7-2-9-4-8(1)5-10(3-7)6-9;1-2-9-7-4-5-8(6-7)10(9)3-1;1-2-7-4-3-6(1)5-7;5*1-4(2)5(6)7-3;4*1-2/h7-12H,1-6H2;8-9,11H,4-7H2,1-3H3;2*7-10H,1-6H2;6-7H,1-5H2;5*1H2,2-3H3;1-2H3;3*2H,1H3. The highest BCUT2D eigenvalue weighted by Gasteiger charge is 2.59. The molecule has 540 valence electrons. The minimum atomic E-state index is -0.444. The molecule has 14 aliphatic carbocycles. The topological polar surface area (TPSA) is 212 Å². The third-order valence-corrected chi connectivity index (χ3v) is 22.3. The summed E-state index contributed by atoms with van der Waals surface area (Å²) in [4.78, 5) is 50.9. The molecule has 0 radical (unpaired) electrons. The van der Waals surface area contributed by atoms with Gasteiger partial charge in [0.25, 0.3) is 0 Å². The lowest BCUT2D eigenvalue weighted by Crippen LogP contribution is -2.38. The second-order valence-corrected chi connectivity index (χ2v) is 29.4. The second-order valence-electron chi connectivity index (χ2n) is 29.4. The van der Waals surface area contributed by atoms with Crippen molar-refractivity contribution in [1.29, 1.82) is 0 Å². The fourth-order valence-electron chi connectivity index (χ4n) is 18.5. The van der Waals surface area contributed by atoms with E-state index in [1.54, 1.807) is 182 Å². The van der Waals surface area contributed by atoms with Crippen LogP contribution in [-0.4, -0.2) is 113 Å². The Morgan fingerprint density at radius 1 is 0.333 bits per heavy atom. The lowest BCUT2D eigenvalue weighted by atomic mass is 9.56. The summed E-state index contributed by atoms with van der Waals surface area (Å²) in [7, 11) is 9.65. The van der Waals surface area contributed by atoms with Gasteiger partial charge in [0.2, 0.25) is 0 Å². The van der Waals surface area contributed by atoms with Crippen molar-refractivity contribution in [2.75, 3.05) is 56.9 Å². The summed E-state index contributed by atoms with van der Waals surface area (Å²) in [6.07, 6.45) is 41.7. The van der Waals surface area contributed by atoms with Crippen molar-refractivity contribution < 1.29 is 68.1 Å². The molecule has 14 rings (SSSR count). The first-order chi connectivity index (χ1) is 44.1. The van der Waals surface area contributed by atoms with Gasteiger partial charge in [0.1, 0.15) is 0 Å². The molecule has 93 heavy (non-hydrogen) atoms. The van der Waals surface area contributed by atoms with Crippen LogP contribution in [-0.2, 0) is 47.7 Å². The Hall–Kier alpha value is -4.11. The molecule has 0 aromatic heterocycles. The zero-order valence-electron chi connectivity index (χ0n) is 62.4. The van der Waals surface area contributed by atoms with Crippen LogP contribution in [0.4, 0.5) is 0 Å². The van der Waals surface area contributed by atoms with Gasteiger partial charge in [-0.05, 0) is 283 Å². The quantitative estimate of drug-likeness (QED) is 0.0843. The van der Waals surface area contributed by atoms with Crippen molar-refractivity contribution >= 4 is 29.8 Å². The smallest absolute Gasteiger partial charge is 0.332 e. The molecule has 8 unspecified atom stereocenters. The van der Waals surface area contributed by atoms with Gasteiger partial charge in [-0.3, -0.25) is 0 Å². The Morgan fingerprint density at radius 2 is 0.548 bits per heavy atom. The molecule has 0 saturated heterocycles. The van der Waals surface area contributed by atoms with Crippen LogP contribution in [0.2, 0.25) is 0 Å². The number of hydrogen-bond donors (Lipinski definition) is 4. The first-order valence-electron chi connectivity index (χ1n) is 35.9. The second kappa shape index (κ2) is 47.7. The summed E-state index contributed by atoms with van der Waals surface area (Å²) < 4.78 is 21.4. The van der Waals surface area contributed by atoms with Crippen molar-refractivity contribution in [2.45, 2.75) is 248 Å². The highest BCUT2D eigenvalue weighted by molar-refractivity contribution is 5.88. The monoisotopic (exact) mass is 1310 g/mol. The van der Waals surface area contributed by atoms with Gasteiger partial charge in [-0.1, -0.05) is 98.6 Å². The molecule has 4 N–H and O–H groups in total. The summed E-state index contributed by atoms with van der Waals surface area (Å²) in [6.45, 7) is 35.0. The van der Waals surface area contributed by atoms with Crippen molar-refractivity contribution in [3.63, 3.8) is 0 Å². The average Bonchev–Trinajstić information content (AvgIpc) is 1.58. The summed E-state index contributed by atoms with van der Waals surface area (Å²) >= 11 is 0. The number of carbonyl (C=O) groups is 5. The zero-order valence-corrected chi connectivity index (χ0v) is 62.4. The molecule has 0 spiro atoms. The van der Waals surface area contributed by atoms with Gasteiger partial charge in [-0.15, -0.1) is 0 Å². The highest BCUT2D eigenvalue weighted by Crippen LogP contribution is 2.67. The molecule has 0 aromatic rings. The predicted molar refractivity (Wildman–Crippen MR) is 379 cm³/mol. The third-order valence-electron chi connectivity index (χ3n) is 22.3. The van der Waals surface area contributed by atoms with Gasteiger partial charge in [-0.25, -0.2) is 24.0 Å². The van der Waals surface area contributed by atoms with Gasteiger partial charge in [0, 0.05) is 49.2 Å². The van der Waals surface area contributed by atoms with E-state index in [1.807, 2.05) is 27.7 Å². The highest BCUT2D eigenvalue weighted by atomic mass is 16.5. The Labute approximate surface area is 567 Å². The largest absolute Gasteiger partial charge is 0.466 e. The van der Waals surface area contributed by atoms with E-state index in [-0.39, 0.29) is 29.8 Å². The minimum Gasteiger partial charge on any atom is -0.466 e. The summed E-state index contributed by atoms with van der Waals surface area (Å²) in [5.74, 6) is 18.8. The molecule has 0 aliphatic heterocycles. The predicted octanol–water partition coefficient (Wildman–Crippen LogP) is 17.1. The van der Waals surface area contributed by atoms with Crippen molar-refractivity contribution in [2.24, 2.45) is 107 Å². The Kier molecular flexibility index (Phi) is 45.6. The molecule has 12 bridgehead atoms. The van der Waals surface area contributed by atoms with E-state index in [0.29, 0.717) is 33.8 Å². The molecule has 0 heterocycles.